The Hall–Kier alpha value is -3.12. The van der Waals surface area contributed by atoms with Gasteiger partial charge in [0.1, 0.15) is 11.3 Å². The van der Waals surface area contributed by atoms with Crippen LogP contribution in [-0.2, 0) is 0 Å². The molecule has 3 N–H and O–H groups in total. The van der Waals surface area contributed by atoms with E-state index in [4.69, 9.17) is 27.3 Å². The number of nitrogens with one attached hydrogen (secondary N) is 1. The van der Waals surface area contributed by atoms with Gasteiger partial charge < -0.3 is 20.9 Å². The zero-order valence-electron chi connectivity index (χ0n) is 21.0. The molecule has 0 spiro atoms. The van der Waals surface area contributed by atoms with Gasteiger partial charge in [-0.25, -0.2) is 19.3 Å². The van der Waals surface area contributed by atoms with E-state index in [2.05, 4.69) is 25.1 Å². The monoisotopic (exact) mass is 580 g/mol. The van der Waals surface area contributed by atoms with Crippen molar-refractivity contribution in [2.45, 2.75) is 18.8 Å². The highest BCUT2D eigenvalue weighted by Gasteiger charge is 2.29. The highest BCUT2D eigenvalue weighted by Crippen LogP contribution is 2.42. The number of nitrogens with zero attached hydrogens (tertiary/aromatic N) is 6. The van der Waals surface area contributed by atoms with Gasteiger partial charge in [-0.1, -0.05) is 35.1 Å². The van der Waals surface area contributed by atoms with Crippen LogP contribution in [0.2, 0.25) is 5.02 Å². The highest BCUT2D eigenvalue weighted by atomic mass is 35.5. The van der Waals surface area contributed by atoms with E-state index in [1.165, 1.54) is 11.3 Å². The van der Waals surface area contributed by atoms with Crippen LogP contribution in [0.1, 0.15) is 23.8 Å². The van der Waals surface area contributed by atoms with Crippen LogP contribution >= 0.6 is 34.3 Å². The first-order valence-electron chi connectivity index (χ1n) is 13.0. The van der Waals surface area contributed by atoms with Crippen LogP contribution in [0, 0.1) is 5.82 Å². The molecule has 0 aliphatic carbocycles. The summed E-state index contributed by atoms with van der Waals surface area (Å²) in [5.41, 5.74) is 7.80. The number of hydrogen-bond acceptors (Lipinski definition) is 10. The lowest BCUT2D eigenvalue weighted by Crippen LogP contribution is -2.44. The first-order valence-corrected chi connectivity index (χ1v) is 15.1. The number of fused-ring (bicyclic) bond motifs is 2. The Bertz CT molecular complexity index is 1670. The van der Waals surface area contributed by atoms with Crippen LogP contribution in [0.25, 0.3) is 32.2 Å². The maximum absolute atomic E-state index is 16.7. The molecular formula is C27H26ClFN8S2. The summed E-state index contributed by atoms with van der Waals surface area (Å²) in [7, 11) is 0. The molecule has 2 aliphatic rings. The minimum atomic E-state index is -0.468. The van der Waals surface area contributed by atoms with Crippen molar-refractivity contribution < 1.29 is 4.39 Å². The Balaban J connectivity index is 1.40. The van der Waals surface area contributed by atoms with Gasteiger partial charge in [-0.3, -0.25) is 0 Å². The van der Waals surface area contributed by atoms with Gasteiger partial charge in [0.05, 0.1) is 20.2 Å². The molecule has 5 heterocycles. The number of aromatic nitrogens is 4. The summed E-state index contributed by atoms with van der Waals surface area (Å²) < 4.78 is 17.5. The Kier molecular flexibility index (Phi) is 6.46. The van der Waals surface area contributed by atoms with Gasteiger partial charge in [0.15, 0.2) is 10.9 Å². The predicted molar refractivity (Wildman–Crippen MR) is 159 cm³/mol. The molecule has 2 aromatic carbocycles. The lowest BCUT2D eigenvalue weighted by atomic mass is 9.99. The number of piperidine rings is 1. The number of thiazole rings is 2. The van der Waals surface area contributed by atoms with E-state index in [0.29, 0.717) is 38.5 Å². The number of anilines is 3. The van der Waals surface area contributed by atoms with Gasteiger partial charge in [-0.2, -0.15) is 4.98 Å². The molecule has 12 heteroatoms. The molecule has 3 aromatic heterocycles. The van der Waals surface area contributed by atoms with Crippen molar-refractivity contribution >= 4 is 72.3 Å². The smallest absolute Gasteiger partial charge is 0.228 e. The number of para-hydroxylation sites is 1. The van der Waals surface area contributed by atoms with Crippen molar-refractivity contribution in [1.82, 2.24) is 25.3 Å². The molecule has 2 fully saturated rings. The standard InChI is InChI=1S/C27H26ClFN8S2/c28-18-13-17-23(21(29)20(18)16-4-1-5-19-22(16)33-26(30)39-19)34-27(35-24(17)36-10-6-31-7-11-36)37-9-2-3-15(14-37)25-32-8-12-38-25/h1,4-5,8,12-13,15,31H,2-3,6-7,9-11,14H2,(H2,30,33). The number of piperazine rings is 1. The third-order valence-electron chi connectivity index (χ3n) is 7.48. The molecule has 200 valence electrons. The van der Waals surface area contributed by atoms with Crippen LogP contribution in [-0.4, -0.2) is 59.2 Å². The molecule has 0 saturated carbocycles. The minimum Gasteiger partial charge on any atom is -0.375 e. The van der Waals surface area contributed by atoms with Crippen LogP contribution in [0.3, 0.4) is 0 Å². The fourth-order valence-corrected chi connectivity index (χ4v) is 7.46. The summed E-state index contributed by atoms with van der Waals surface area (Å²) in [6, 6.07) is 7.44. The number of halogens is 2. The largest absolute Gasteiger partial charge is 0.375 e. The maximum Gasteiger partial charge on any atom is 0.228 e. The summed E-state index contributed by atoms with van der Waals surface area (Å²) in [6.45, 7) is 4.77. The fraction of sp³-hybridized carbons (Fsp3) is 0.333. The fourth-order valence-electron chi connectivity index (χ4n) is 5.64. The predicted octanol–water partition coefficient (Wildman–Crippen LogP) is 5.53. The first-order chi connectivity index (χ1) is 19.1. The second-order valence-corrected chi connectivity index (χ2v) is 12.3. The third-order valence-corrected chi connectivity index (χ3v) is 9.56. The van der Waals surface area contributed by atoms with E-state index in [9.17, 15) is 0 Å². The number of benzene rings is 2. The Morgan fingerprint density at radius 2 is 1.95 bits per heavy atom. The molecule has 39 heavy (non-hydrogen) atoms. The van der Waals surface area contributed by atoms with E-state index in [1.807, 2.05) is 29.8 Å². The zero-order valence-corrected chi connectivity index (χ0v) is 23.4. The maximum atomic E-state index is 16.7. The van der Waals surface area contributed by atoms with Crippen molar-refractivity contribution in [2.75, 3.05) is 54.8 Å². The molecule has 0 radical (unpaired) electrons. The zero-order chi connectivity index (χ0) is 26.5. The molecular weight excluding hydrogens is 555 g/mol. The molecule has 2 saturated heterocycles. The van der Waals surface area contributed by atoms with Gasteiger partial charge >= 0.3 is 0 Å². The molecule has 0 amide bonds. The van der Waals surface area contributed by atoms with Crippen molar-refractivity contribution in [2.24, 2.45) is 0 Å². The summed E-state index contributed by atoms with van der Waals surface area (Å²) in [5, 5.41) is 7.87. The molecule has 7 rings (SSSR count). The number of nitrogens with two attached hydrogens (primary N) is 1. The first kappa shape index (κ1) is 24.9. The topological polar surface area (TPSA) is 96.1 Å². The lowest BCUT2D eigenvalue weighted by Gasteiger charge is -2.34. The van der Waals surface area contributed by atoms with Crippen LogP contribution < -0.4 is 20.9 Å². The number of hydrogen-bond donors (Lipinski definition) is 2. The average Bonchev–Trinajstić information content (AvgIpc) is 3.63. The average molecular weight is 581 g/mol. The molecule has 0 bridgehead atoms. The highest BCUT2D eigenvalue weighted by molar-refractivity contribution is 7.22. The van der Waals surface area contributed by atoms with Gasteiger partial charge in [0.2, 0.25) is 5.95 Å². The minimum absolute atomic E-state index is 0.268. The van der Waals surface area contributed by atoms with E-state index in [0.717, 1.165) is 67.6 Å². The van der Waals surface area contributed by atoms with Crippen LogP contribution in [0.15, 0.2) is 35.8 Å². The second-order valence-electron chi connectivity index (χ2n) is 9.89. The Labute approximate surface area is 237 Å². The SMILES string of the molecule is Nc1nc2c(-c3c(Cl)cc4c(N5CCNCC5)nc(N5CCCC(c6nccs6)C5)nc4c3F)cccc2s1. The molecule has 1 unspecified atom stereocenters. The summed E-state index contributed by atoms with van der Waals surface area (Å²) in [6.07, 6.45) is 3.92. The van der Waals surface area contributed by atoms with Crippen molar-refractivity contribution in [3.8, 4) is 11.1 Å². The molecule has 2 aliphatic heterocycles. The molecule has 1 atom stereocenters. The number of rotatable bonds is 4. The Morgan fingerprint density at radius 3 is 2.77 bits per heavy atom. The quantitative estimate of drug-likeness (QED) is 0.286. The van der Waals surface area contributed by atoms with Crippen molar-refractivity contribution in [3.05, 3.63) is 51.7 Å². The normalized spacial score (nSPS) is 18.4. The van der Waals surface area contributed by atoms with Gasteiger partial charge in [0, 0.05) is 73.3 Å². The van der Waals surface area contributed by atoms with Crippen LogP contribution in [0.5, 0.6) is 0 Å². The third kappa shape index (κ3) is 4.47. The van der Waals surface area contributed by atoms with E-state index in [-0.39, 0.29) is 11.1 Å². The number of nitrogen functional groups attached to an aromatic ring is 1. The second kappa shape index (κ2) is 10.1. The van der Waals surface area contributed by atoms with Crippen molar-refractivity contribution in [3.63, 3.8) is 0 Å². The van der Waals surface area contributed by atoms with E-state index >= 15 is 4.39 Å². The Morgan fingerprint density at radius 1 is 1.08 bits per heavy atom. The van der Waals surface area contributed by atoms with Crippen molar-refractivity contribution in [1.29, 1.82) is 0 Å². The summed E-state index contributed by atoms with van der Waals surface area (Å²) >= 11 is 9.88. The summed E-state index contributed by atoms with van der Waals surface area (Å²) in [4.78, 5) is 23.3. The molecule has 5 aromatic rings. The molecule has 8 nitrogen and oxygen atoms in total. The lowest BCUT2D eigenvalue weighted by molar-refractivity contribution is 0.502. The van der Waals surface area contributed by atoms with Gasteiger partial charge in [-0.05, 0) is 25.0 Å². The summed E-state index contributed by atoms with van der Waals surface area (Å²) in [5.74, 6) is 1.10. The van der Waals surface area contributed by atoms with Gasteiger partial charge in [-0.15, -0.1) is 11.3 Å². The van der Waals surface area contributed by atoms with Gasteiger partial charge in [0.25, 0.3) is 0 Å². The van der Waals surface area contributed by atoms with E-state index in [1.54, 1.807) is 17.4 Å². The van der Waals surface area contributed by atoms with Crippen LogP contribution in [0.4, 0.5) is 21.3 Å². The van der Waals surface area contributed by atoms with E-state index < -0.39 is 5.82 Å².